The first-order valence-corrected chi connectivity index (χ1v) is 16.2. The Bertz CT molecular complexity index is 1840. The summed E-state index contributed by atoms with van der Waals surface area (Å²) in [5, 5.41) is 2.85. The van der Waals surface area contributed by atoms with E-state index in [1.165, 1.54) is 37.4 Å². The number of ether oxygens (including phenoxy) is 2. The van der Waals surface area contributed by atoms with E-state index in [1.807, 2.05) is 26.0 Å². The number of amides is 2. The number of halogens is 1. The Labute approximate surface area is 268 Å². The summed E-state index contributed by atoms with van der Waals surface area (Å²) in [6.07, 6.45) is 0.392. The number of hydrogen-bond donors (Lipinski definition) is 1. The zero-order chi connectivity index (χ0) is 32.8. The first-order chi connectivity index (χ1) is 22.1. The minimum Gasteiger partial charge on any atom is -0.496 e. The van der Waals surface area contributed by atoms with E-state index >= 15 is 0 Å². The molecule has 0 saturated heterocycles. The van der Waals surface area contributed by atoms with Gasteiger partial charge in [0.1, 0.15) is 11.6 Å². The molecule has 11 heteroatoms. The summed E-state index contributed by atoms with van der Waals surface area (Å²) in [6, 6.07) is 22.5. The molecular weight excluding hydrogens is 611 g/mol. The van der Waals surface area contributed by atoms with Crippen LogP contribution in [0.15, 0.2) is 89.8 Å². The molecule has 2 amide bonds. The lowest BCUT2D eigenvalue weighted by Gasteiger charge is -2.25. The Balaban J connectivity index is 1.31. The number of methoxy groups -OCH3 is 1. The molecule has 240 valence electrons. The Morgan fingerprint density at radius 3 is 2.43 bits per heavy atom. The molecule has 1 unspecified atom stereocenters. The highest BCUT2D eigenvalue weighted by Gasteiger charge is 2.30. The molecule has 0 aliphatic carbocycles. The molecule has 1 atom stereocenters. The fraction of sp³-hybridized carbons (Fsp3) is 0.257. The van der Waals surface area contributed by atoms with E-state index in [4.69, 9.17) is 13.7 Å². The average molecular weight is 647 g/mol. The molecule has 0 saturated carbocycles. The van der Waals surface area contributed by atoms with Crippen molar-refractivity contribution in [3.63, 3.8) is 0 Å². The molecule has 9 nitrogen and oxygen atoms in total. The summed E-state index contributed by atoms with van der Waals surface area (Å²) < 4.78 is 56.3. The predicted molar refractivity (Wildman–Crippen MR) is 172 cm³/mol. The van der Waals surface area contributed by atoms with Crippen LogP contribution in [-0.4, -0.2) is 47.1 Å². The Morgan fingerprint density at radius 1 is 0.935 bits per heavy atom. The van der Waals surface area contributed by atoms with E-state index in [0.717, 1.165) is 11.1 Å². The van der Waals surface area contributed by atoms with E-state index in [0.29, 0.717) is 41.9 Å². The summed E-state index contributed by atoms with van der Waals surface area (Å²) in [4.78, 5) is 28.4. The number of nitrogens with one attached hydrogen (secondary N) is 1. The van der Waals surface area contributed by atoms with Crippen molar-refractivity contribution in [1.29, 1.82) is 0 Å². The van der Waals surface area contributed by atoms with Gasteiger partial charge in [-0.2, -0.15) is 8.42 Å². The standard InChI is InChI=1S/C35H35FN2O7S/c1-23-10-14-27(15-11-23)46(41,42)45-20-19-44-32-9-6-18-38(31-17-12-25(36)21-30(31)32)35(40)29-16-13-26(22-33(29)43-3)37-34(39)28-8-5-4-7-24(28)2/h4-5,7-8,10-17,21-22,32H,6,9,18-20H2,1-3H3,(H,37,39). The Kier molecular flexibility index (Phi) is 10.2. The number of anilines is 2. The maximum atomic E-state index is 14.5. The van der Waals surface area contributed by atoms with Crippen LogP contribution in [0.25, 0.3) is 0 Å². The first kappa shape index (κ1) is 32.8. The van der Waals surface area contributed by atoms with Gasteiger partial charge in [-0.3, -0.25) is 13.8 Å². The molecule has 4 aromatic carbocycles. The number of nitrogens with zero attached hydrogens (tertiary/aromatic N) is 1. The van der Waals surface area contributed by atoms with Gasteiger partial charge in [-0.15, -0.1) is 0 Å². The van der Waals surface area contributed by atoms with Crippen LogP contribution in [-0.2, 0) is 19.0 Å². The van der Waals surface area contributed by atoms with Crippen LogP contribution >= 0.6 is 0 Å². The third-order valence-corrected chi connectivity index (χ3v) is 9.08. The van der Waals surface area contributed by atoms with Gasteiger partial charge in [-0.1, -0.05) is 35.9 Å². The molecule has 4 aromatic rings. The smallest absolute Gasteiger partial charge is 0.297 e. The van der Waals surface area contributed by atoms with Crippen molar-refractivity contribution >= 4 is 33.3 Å². The summed E-state index contributed by atoms with van der Waals surface area (Å²) in [5.74, 6) is -0.882. The van der Waals surface area contributed by atoms with Gasteiger partial charge in [0.2, 0.25) is 0 Å². The van der Waals surface area contributed by atoms with Gasteiger partial charge in [0.15, 0.2) is 0 Å². The van der Waals surface area contributed by atoms with Crippen molar-refractivity contribution in [2.75, 3.05) is 37.1 Å². The molecule has 1 heterocycles. The monoisotopic (exact) mass is 646 g/mol. The number of fused-ring (bicyclic) bond motifs is 1. The Morgan fingerprint density at radius 2 is 1.70 bits per heavy atom. The van der Waals surface area contributed by atoms with Crippen LogP contribution in [0.3, 0.4) is 0 Å². The van der Waals surface area contributed by atoms with Crippen molar-refractivity contribution in [3.8, 4) is 5.75 Å². The molecular formula is C35H35FN2O7S. The van der Waals surface area contributed by atoms with Crippen LogP contribution in [0, 0.1) is 19.7 Å². The summed E-state index contributed by atoms with van der Waals surface area (Å²) in [5.41, 5.74) is 3.95. The Hall–Kier alpha value is -4.58. The zero-order valence-electron chi connectivity index (χ0n) is 25.8. The van der Waals surface area contributed by atoms with Gasteiger partial charge in [-0.25, -0.2) is 4.39 Å². The number of carbonyl (C=O) groups excluding carboxylic acids is 2. The van der Waals surface area contributed by atoms with Gasteiger partial charge in [0.25, 0.3) is 21.9 Å². The lowest BCUT2D eigenvalue weighted by Crippen LogP contribution is -2.32. The zero-order valence-corrected chi connectivity index (χ0v) is 26.6. The van der Waals surface area contributed by atoms with Crippen LogP contribution in [0.2, 0.25) is 0 Å². The largest absolute Gasteiger partial charge is 0.496 e. The van der Waals surface area contributed by atoms with Crippen LogP contribution in [0.4, 0.5) is 15.8 Å². The molecule has 0 spiro atoms. The summed E-state index contributed by atoms with van der Waals surface area (Å²) >= 11 is 0. The molecule has 0 radical (unpaired) electrons. The number of aryl methyl sites for hydroxylation is 2. The first-order valence-electron chi connectivity index (χ1n) is 14.8. The van der Waals surface area contributed by atoms with Crippen molar-refractivity contribution in [3.05, 3.63) is 119 Å². The summed E-state index contributed by atoms with van der Waals surface area (Å²) in [7, 11) is -2.53. The van der Waals surface area contributed by atoms with E-state index < -0.39 is 22.0 Å². The van der Waals surface area contributed by atoms with Crippen LogP contribution < -0.4 is 15.0 Å². The molecule has 0 aromatic heterocycles. The number of hydrogen-bond acceptors (Lipinski definition) is 7. The highest BCUT2D eigenvalue weighted by molar-refractivity contribution is 7.86. The van der Waals surface area contributed by atoms with Gasteiger partial charge in [0, 0.05) is 35.1 Å². The van der Waals surface area contributed by atoms with Crippen molar-refractivity contribution in [2.24, 2.45) is 0 Å². The second-order valence-corrected chi connectivity index (χ2v) is 12.6. The second kappa shape index (κ2) is 14.2. The molecule has 0 fully saturated rings. The van der Waals surface area contributed by atoms with Crippen molar-refractivity contribution < 1.29 is 36.1 Å². The van der Waals surface area contributed by atoms with Gasteiger partial charge in [0.05, 0.1) is 36.9 Å². The van der Waals surface area contributed by atoms with E-state index in [9.17, 15) is 22.4 Å². The molecule has 5 rings (SSSR count). The highest BCUT2D eigenvalue weighted by Crippen LogP contribution is 2.37. The van der Waals surface area contributed by atoms with Gasteiger partial charge >= 0.3 is 0 Å². The SMILES string of the molecule is COc1cc(NC(=O)c2ccccc2C)ccc1C(=O)N1CCCC(OCCOS(=O)(=O)c2ccc(C)cc2)c2cc(F)ccc21. The molecule has 0 bridgehead atoms. The van der Waals surface area contributed by atoms with Gasteiger partial charge < -0.3 is 19.7 Å². The third-order valence-electron chi connectivity index (χ3n) is 7.75. The summed E-state index contributed by atoms with van der Waals surface area (Å²) in [6.45, 7) is 3.73. The fourth-order valence-corrected chi connectivity index (χ4v) is 6.24. The highest BCUT2D eigenvalue weighted by atomic mass is 32.2. The van der Waals surface area contributed by atoms with E-state index in [1.54, 1.807) is 47.4 Å². The normalized spacial score (nSPS) is 14.7. The van der Waals surface area contributed by atoms with Crippen LogP contribution in [0.5, 0.6) is 5.75 Å². The average Bonchev–Trinajstić information content (AvgIpc) is 3.22. The lowest BCUT2D eigenvalue weighted by atomic mass is 10.0. The fourth-order valence-electron chi connectivity index (χ4n) is 5.35. The predicted octanol–water partition coefficient (Wildman–Crippen LogP) is 6.61. The molecule has 1 aliphatic rings. The van der Waals surface area contributed by atoms with Gasteiger partial charge in [-0.05, 0) is 80.8 Å². The maximum Gasteiger partial charge on any atom is 0.297 e. The van der Waals surface area contributed by atoms with Crippen LogP contribution in [0.1, 0.15) is 56.4 Å². The van der Waals surface area contributed by atoms with Crippen molar-refractivity contribution in [1.82, 2.24) is 0 Å². The third kappa shape index (κ3) is 7.44. The topological polar surface area (TPSA) is 111 Å². The molecule has 1 aliphatic heterocycles. The second-order valence-electron chi connectivity index (χ2n) is 10.9. The maximum absolute atomic E-state index is 14.5. The quantitative estimate of drug-likeness (QED) is 0.153. The lowest BCUT2D eigenvalue weighted by molar-refractivity contribution is 0.0294. The minimum absolute atomic E-state index is 0.0475. The van der Waals surface area contributed by atoms with E-state index in [2.05, 4.69) is 5.32 Å². The molecule has 1 N–H and O–H groups in total. The number of benzene rings is 4. The minimum atomic E-state index is -3.97. The van der Waals surface area contributed by atoms with E-state index in [-0.39, 0.29) is 41.2 Å². The van der Waals surface area contributed by atoms with Crippen molar-refractivity contribution in [2.45, 2.75) is 37.7 Å². The number of carbonyl (C=O) groups is 2. The number of rotatable bonds is 10. The molecule has 46 heavy (non-hydrogen) atoms.